The molecule has 0 radical (unpaired) electrons. The van der Waals surface area contributed by atoms with Crippen LogP contribution >= 0.6 is 11.6 Å². The maximum absolute atomic E-state index is 12.6. The van der Waals surface area contributed by atoms with Crippen LogP contribution in [0.3, 0.4) is 0 Å². The van der Waals surface area contributed by atoms with E-state index in [2.05, 4.69) is 10.6 Å². The Morgan fingerprint density at radius 1 is 1.07 bits per heavy atom. The SMILES string of the molecule is C[C@@H](NC(=O)C(C)(C)c1ccc(Cl)cc1)C(=O)N[C@H](CCC(=O)O)C(=O)O. The first-order valence-electron chi connectivity index (χ1n) is 8.27. The highest BCUT2D eigenvalue weighted by Gasteiger charge is 2.32. The van der Waals surface area contributed by atoms with Gasteiger partial charge in [-0.25, -0.2) is 4.79 Å². The molecule has 1 aromatic rings. The first kappa shape index (κ1) is 22.4. The minimum absolute atomic E-state index is 0.257. The van der Waals surface area contributed by atoms with Crippen LogP contribution in [0.5, 0.6) is 0 Å². The summed E-state index contributed by atoms with van der Waals surface area (Å²) in [5, 5.41) is 23.1. The molecular weight excluding hydrogens is 376 g/mol. The minimum atomic E-state index is -1.35. The molecule has 0 aliphatic heterocycles. The number of benzene rings is 1. The second-order valence-electron chi connectivity index (χ2n) is 6.66. The molecule has 0 aliphatic rings. The predicted molar refractivity (Wildman–Crippen MR) is 98.5 cm³/mol. The van der Waals surface area contributed by atoms with Crippen LogP contribution in [0, 0.1) is 0 Å². The van der Waals surface area contributed by atoms with Crippen molar-refractivity contribution in [2.24, 2.45) is 0 Å². The van der Waals surface area contributed by atoms with Gasteiger partial charge in [-0.05, 0) is 44.9 Å². The summed E-state index contributed by atoms with van der Waals surface area (Å²) in [5.74, 6) is -3.65. The van der Waals surface area contributed by atoms with Crippen molar-refractivity contribution < 1.29 is 29.4 Å². The molecular formula is C18H23ClN2O6. The van der Waals surface area contributed by atoms with Crippen LogP contribution in [0.2, 0.25) is 5.02 Å². The Labute approximate surface area is 161 Å². The predicted octanol–water partition coefficient (Wildman–Crippen LogP) is 1.56. The number of carbonyl (C=O) groups excluding carboxylic acids is 2. The Hall–Kier alpha value is -2.61. The lowest BCUT2D eigenvalue weighted by atomic mass is 9.83. The first-order chi connectivity index (χ1) is 12.4. The number of carbonyl (C=O) groups is 4. The van der Waals surface area contributed by atoms with E-state index >= 15 is 0 Å². The zero-order valence-electron chi connectivity index (χ0n) is 15.3. The number of carboxylic acid groups (broad SMARTS) is 2. The highest BCUT2D eigenvalue weighted by Crippen LogP contribution is 2.25. The Balaban J connectivity index is 2.74. The molecule has 9 heteroatoms. The van der Waals surface area contributed by atoms with E-state index in [1.165, 1.54) is 6.92 Å². The van der Waals surface area contributed by atoms with Gasteiger partial charge in [0.2, 0.25) is 11.8 Å². The van der Waals surface area contributed by atoms with Gasteiger partial charge in [0.1, 0.15) is 12.1 Å². The monoisotopic (exact) mass is 398 g/mol. The molecule has 1 aromatic carbocycles. The normalized spacial score (nSPS) is 13.3. The second-order valence-corrected chi connectivity index (χ2v) is 7.10. The molecule has 0 saturated heterocycles. The van der Waals surface area contributed by atoms with Crippen LogP contribution in [0.15, 0.2) is 24.3 Å². The average Bonchev–Trinajstić information content (AvgIpc) is 2.58. The number of nitrogens with one attached hydrogen (secondary N) is 2. The largest absolute Gasteiger partial charge is 0.481 e. The second kappa shape index (κ2) is 9.36. The van der Waals surface area contributed by atoms with Gasteiger partial charge in [0.25, 0.3) is 0 Å². The van der Waals surface area contributed by atoms with E-state index in [1.54, 1.807) is 38.1 Å². The van der Waals surface area contributed by atoms with Crippen LogP contribution in [0.1, 0.15) is 39.2 Å². The summed E-state index contributed by atoms with van der Waals surface area (Å²) in [6.07, 6.45) is -0.658. The summed E-state index contributed by atoms with van der Waals surface area (Å²) < 4.78 is 0. The quantitative estimate of drug-likeness (QED) is 0.499. The van der Waals surface area contributed by atoms with E-state index < -0.39 is 47.7 Å². The Kier molecular flexibility index (Phi) is 7.78. The van der Waals surface area contributed by atoms with E-state index in [-0.39, 0.29) is 6.42 Å². The highest BCUT2D eigenvalue weighted by molar-refractivity contribution is 6.30. The molecule has 4 N–H and O–H groups in total. The summed E-state index contributed by atoms with van der Waals surface area (Å²) in [6, 6.07) is 4.37. The molecule has 0 bridgehead atoms. The van der Waals surface area contributed by atoms with Crippen molar-refractivity contribution in [2.45, 2.75) is 51.1 Å². The summed E-state index contributed by atoms with van der Waals surface area (Å²) in [7, 11) is 0. The molecule has 2 atom stereocenters. The molecule has 0 unspecified atom stereocenters. The van der Waals surface area contributed by atoms with Crippen LogP contribution in [-0.2, 0) is 24.6 Å². The Morgan fingerprint density at radius 3 is 2.11 bits per heavy atom. The Morgan fingerprint density at radius 2 is 1.63 bits per heavy atom. The zero-order chi connectivity index (χ0) is 20.8. The number of aliphatic carboxylic acids is 2. The standard InChI is InChI=1S/C18H23ClN2O6/c1-10(15(24)21-13(16(25)26)8-9-14(22)23)20-17(27)18(2,3)11-4-6-12(19)7-5-11/h4-7,10,13H,8-9H2,1-3H3,(H,20,27)(H,21,24)(H,22,23)(H,25,26)/t10-,13-/m1/s1. The van der Waals surface area contributed by atoms with Gasteiger partial charge in [-0.2, -0.15) is 0 Å². The van der Waals surface area contributed by atoms with Crippen molar-refractivity contribution in [3.05, 3.63) is 34.9 Å². The van der Waals surface area contributed by atoms with Crippen molar-refractivity contribution in [3.63, 3.8) is 0 Å². The van der Waals surface area contributed by atoms with Gasteiger partial charge in [0.15, 0.2) is 0 Å². The van der Waals surface area contributed by atoms with Gasteiger partial charge in [-0.1, -0.05) is 23.7 Å². The van der Waals surface area contributed by atoms with Gasteiger partial charge in [0.05, 0.1) is 5.41 Å². The fraction of sp³-hybridized carbons (Fsp3) is 0.444. The van der Waals surface area contributed by atoms with E-state index in [0.717, 1.165) is 0 Å². The molecule has 0 saturated carbocycles. The molecule has 8 nitrogen and oxygen atoms in total. The van der Waals surface area contributed by atoms with E-state index in [0.29, 0.717) is 10.6 Å². The van der Waals surface area contributed by atoms with Crippen LogP contribution in [-0.4, -0.2) is 46.0 Å². The topological polar surface area (TPSA) is 133 Å². The molecule has 0 aromatic heterocycles. The van der Waals surface area contributed by atoms with Crippen LogP contribution in [0.4, 0.5) is 0 Å². The maximum atomic E-state index is 12.6. The molecule has 0 aliphatic carbocycles. The fourth-order valence-electron chi connectivity index (χ4n) is 2.26. The van der Waals surface area contributed by atoms with Crippen molar-refractivity contribution in [1.82, 2.24) is 10.6 Å². The lowest BCUT2D eigenvalue weighted by Crippen LogP contribution is -2.53. The smallest absolute Gasteiger partial charge is 0.326 e. The van der Waals surface area contributed by atoms with E-state index in [4.69, 9.17) is 21.8 Å². The van der Waals surface area contributed by atoms with Gasteiger partial charge in [0, 0.05) is 11.4 Å². The summed E-state index contributed by atoms with van der Waals surface area (Å²) >= 11 is 5.85. The number of hydrogen-bond acceptors (Lipinski definition) is 4. The lowest BCUT2D eigenvalue weighted by Gasteiger charge is -2.26. The zero-order valence-corrected chi connectivity index (χ0v) is 16.0. The third kappa shape index (κ3) is 6.56. The van der Waals surface area contributed by atoms with Gasteiger partial charge >= 0.3 is 11.9 Å². The van der Waals surface area contributed by atoms with Gasteiger partial charge < -0.3 is 20.8 Å². The molecule has 2 amide bonds. The highest BCUT2D eigenvalue weighted by atomic mass is 35.5. The number of rotatable bonds is 9. The fourth-order valence-corrected chi connectivity index (χ4v) is 2.39. The molecule has 0 spiro atoms. The minimum Gasteiger partial charge on any atom is -0.481 e. The third-order valence-corrected chi connectivity index (χ3v) is 4.39. The Bertz CT molecular complexity index is 717. The summed E-state index contributed by atoms with van der Waals surface area (Å²) in [4.78, 5) is 46.5. The summed E-state index contributed by atoms with van der Waals surface area (Å²) in [5.41, 5.74) is -0.254. The lowest BCUT2D eigenvalue weighted by molar-refractivity contribution is -0.143. The van der Waals surface area contributed by atoms with E-state index in [1.807, 2.05) is 0 Å². The number of hydrogen-bond donors (Lipinski definition) is 4. The number of halogens is 1. The molecule has 0 fully saturated rings. The van der Waals surface area contributed by atoms with Crippen molar-refractivity contribution in [1.29, 1.82) is 0 Å². The first-order valence-corrected chi connectivity index (χ1v) is 8.65. The number of amides is 2. The van der Waals surface area contributed by atoms with Gasteiger partial charge in [-0.15, -0.1) is 0 Å². The van der Waals surface area contributed by atoms with Crippen LogP contribution in [0.25, 0.3) is 0 Å². The van der Waals surface area contributed by atoms with Gasteiger partial charge in [-0.3, -0.25) is 14.4 Å². The van der Waals surface area contributed by atoms with E-state index in [9.17, 15) is 19.2 Å². The number of carboxylic acids is 2. The van der Waals surface area contributed by atoms with Crippen LogP contribution < -0.4 is 10.6 Å². The summed E-state index contributed by atoms with van der Waals surface area (Å²) in [6.45, 7) is 4.79. The molecule has 1 rings (SSSR count). The molecule has 27 heavy (non-hydrogen) atoms. The van der Waals surface area contributed by atoms with Crippen molar-refractivity contribution in [2.75, 3.05) is 0 Å². The molecule has 0 heterocycles. The molecule has 148 valence electrons. The average molecular weight is 399 g/mol. The maximum Gasteiger partial charge on any atom is 0.326 e. The van der Waals surface area contributed by atoms with Crippen molar-refractivity contribution >= 4 is 35.4 Å². The van der Waals surface area contributed by atoms with Crippen molar-refractivity contribution in [3.8, 4) is 0 Å². The third-order valence-electron chi connectivity index (χ3n) is 4.14.